The molecule has 0 unspecified atom stereocenters. The fourth-order valence-electron chi connectivity index (χ4n) is 4.15. The molecule has 0 atom stereocenters. The Labute approximate surface area is 167 Å². The van der Waals surface area contributed by atoms with Crippen molar-refractivity contribution in [3.63, 3.8) is 0 Å². The lowest BCUT2D eigenvalue weighted by molar-refractivity contribution is 0.985. The van der Waals surface area contributed by atoms with Crippen molar-refractivity contribution in [1.82, 2.24) is 9.55 Å². The first-order valence-corrected chi connectivity index (χ1v) is 9.75. The molecular formula is C26H26N2. The molecule has 0 fully saturated rings. The van der Waals surface area contributed by atoms with Gasteiger partial charge < -0.3 is 0 Å². The van der Waals surface area contributed by atoms with Crippen LogP contribution in [0.2, 0.25) is 0 Å². The van der Waals surface area contributed by atoms with E-state index in [0.29, 0.717) is 0 Å². The summed E-state index contributed by atoms with van der Waals surface area (Å²) >= 11 is 0. The minimum Gasteiger partial charge on any atom is -0.296 e. The van der Waals surface area contributed by atoms with Gasteiger partial charge in [-0.05, 0) is 51.8 Å². The molecule has 0 saturated heterocycles. The van der Waals surface area contributed by atoms with E-state index in [-0.39, 0.29) is 0 Å². The van der Waals surface area contributed by atoms with E-state index >= 15 is 0 Å². The van der Waals surface area contributed by atoms with Gasteiger partial charge in [-0.15, -0.1) is 0 Å². The molecule has 4 aromatic rings. The van der Waals surface area contributed by atoms with Crippen LogP contribution in [0.1, 0.15) is 27.9 Å². The minimum atomic E-state index is 0.990. The van der Waals surface area contributed by atoms with E-state index < -0.39 is 0 Å². The minimum absolute atomic E-state index is 0.990. The summed E-state index contributed by atoms with van der Waals surface area (Å²) in [5.41, 5.74) is 10.8. The first-order chi connectivity index (χ1) is 13.5. The normalized spacial score (nSPS) is 11.0. The Morgan fingerprint density at radius 3 is 1.93 bits per heavy atom. The van der Waals surface area contributed by atoms with Gasteiger partial charge in [-0.25, -0.2) is 4.98 Å². The molecule has 2 heteroatoms. The quantitative estimate of drug-likeness (QED) is 0.392. The maximum absolute atomic E-state index is 5.14. The highest BCUT2D eigenvalue weighted by Crippen LogP contribution is 2.34. The number of rotatable bonds is 3. The second-order valence-corrected chi connectivity index (χ2v) is 7.69. The first-order valence-electron chi connectivity index (χ1n) is 9.75. The number of imidazole rings is 1. The van der Waals surface area contributed by atoms with E-state index in [4.69, 9.17) is 4.98 Å². The first kappa shape index (κ1) is 18.2. The number of aromatic nitrogens is 2. The summed E-state index contributed by atoms with van der Waals surface area (Å²) in [5, 5.41) is 0. The molecule has 0 aliphatic rings. The van der Waals surface area contributed by atoms with E-state index in [1.54, 1.807) is 0 Å². The summed E-state index contributed by atoms with van der Waals surface area (Å²) in [5.74, 6) is 0.990. The van der Waals surface area contributed by atoms with Crippen LogP contribution in [-0.2, 0) is 0 Å². The van der Waals surface area contributed by atoms with Crippen LogP contribution in [-0.4, -0.2) is 9.55 Å². The standard InChI is InChI=1S/C26H26N2/c1-17-10-9-13-23(16-17)24-21(5)28(25-19(3)14-18(2)15-20(25)4)26(27-24)22-11-7-6-8-12-22/h6-16H,1-5H3. The number of aryl methyl sites for hydroxylation is 4. The van der Waals surface area contributed by atoms with Gasteiger partial charge in [-0.3, -0.25) is 4.57 Å². The monoisotopic (exact) mass is 366 g/mol. The van der Waals surface area contributed by atoms with E-state index in [9.17, 15) is 0 Å². The van der Waals surface area contributed by atoms with Crippen LogP contribution in [0.15, 0.2) is 66.7 Å². The highest BCUT2D eigenvalue weighted by molar-refractivity contribution is 5.72. The summed E-state index contributed by atoms with van der Waals surface area (Å²) in [6, 6.07) is 23.6. The van der Waals surface area contributed by atoms with Gasteiger partial charge in [0.15, 0.2) is 0 Å². The van der Waals surface area contributed by atoms with E-state index in [1.807, 2.05) is 6.07 Å². The molecule has 1 heterocycles. The van der Waals surface area contributed by atoms with Crippen molar-refractivity contribution < 1.29 is 0 Å². The van der Waals surface area contributed by atoms with Gasteiger partial charge in [-0.2, -0.15) is 0 Å². The molecule has 1 aromatic heterocycles. The molecule has 0 spiro atoms. The van der Waals surface area contributed by atoms with Crippen molar-refractivity contribution >= 4 is 0 Å². The van der Waals surface area contributed by atoms with Crippen molar-refractivity contribution in [2.45, 2.75) is 34.6 Å². The largest absolute Gasteiger partial charge is 0.296 e. The van der Waals surface area contributed by atoms with Crippen LogP contribution in [0.4, 0.5) is 0 Å². The molecule has 0 bridgehead atoms. The van der Waals surface area contributed by atoms with Gasteiger partial charge in [0.05, 0.1) is 11.4 Å². The molecule has 2 nitrogen and oxygen atoms in total. The second kappa shape index (κ2) is 7.12. The molecular weight excluding hydrogens is 340 g/mol. The molecule has 3 aromatic carbocycles. The molecule has 0 N–H and O–H groups in total. The average Bonchev–Trinajstić information content (AvgIpc) is 2.99. The molecule has 140 valence electrons. The molecule has 4 rings (SSSR count). The predicted octanol–water partition coefficient (Wildman–Crippen LogP) is 6.75. The summed E-state index contributed by atoms with van der Waals surface area (Å²) in [6.45, 7) is 10.8. The van der Waals surface area contributed by atoms with Crippen LogP contribution < -0.4 is 0 Å². The zero-order valence-corrected chi connectivity index (χ0v) is 17.2. The average molecular weight is 367 g/mol. The van der Waals surface area contributed by atoms with Crippen LogP contribution in [0.5, 0.6) is 0 Å². The second-order valence-electron chi connectivity index (χ2n) is 7.69. The highest BCUT2D eigenvalue weighted by Gasteiger charge is 2.20. The van der Waals surface area contributed by atoms with Gasteiger partial charge >= 0.3 is 0 Å². The summed E-state index contributed by atoms with van der Waals surface area (Å²) in [7, 11) is 0. The van der Waals surface area contributed by atoms with Crippen molar-refractivity contribution in [2.24, 2.45) is 0 Å². The maximum Gasteiger partial charge on any atom is 0.145 e. The topological polar surface area (TPSA) is 17.8 Å². The Hall–Kier alpha value is -3.13. The van der Waals surface area contributed by atoms with Crippen molar-refractivity contribution in [3.05, 3.63) is 94.7 Å². The predicted molar refractivity (Wildman–Crippen MR) is 118 cm³/mol. The summed E-state index contributed by atoms with van der Waals surface area (Å²) in [6.07, 6.45) is 0. The zero-order valence-electron chi connectivity index (χ0n) is 17.2. The van der Waals surface area contributed by atoms with Gasteiger partial charge in [0.2, 0.25) is 0 Å². The number of hydrogen-bond acceptors (Lipinski definition) is 1. The summed E-state index contributed by atoms with van der Waals surface area (Å²) in [4.78, 5) is 5.14. The van der Waals surface area contributed by atoms with Gasteiger partial charge in [0.25, 0.3) is 0 Å². The third-order valence-corrected chi connectivity index (χ3v) is 5.29. The van der Waals surface area contributed by atoms with Crippen LogP contribution in [0.25, 0.3) is 28.3 Å². The SMILES string of the molecule is Cc1cccc(-c2nc(-c3ccccc3)n(-c3c(C)cc(C)cc3C)c2C)c1. The number of hydrogen-bond donors (Lipinski definition) is 0. The third kappa shape index (κ3) is 3.16. The lowest BCUT2D eigenvalue weighted by atomic mass is 10.0. The molecule has 0 amide bonds. The third-order valence-electron chi connectivity index (χ3n) is 5.29. The Bertz CT molecular complexity index is 1130. The van der Waals surface area contributed by atoms with Gasteiger partial charge in [0.1, 0.15) is 5.82 Å². The van der Waals surface area contributed by atoms with Crippen molar-refractivity contribution in [3.8, 4) is 28.3 Å². The van der Waals surface area contributed by atoms with Gasteiger partial charge in [-0.1, -0.05) is 71.8 Å². The van der Waals surface area contributed by atoms with E-state index in [0.717, 1.165) is 22.6 Å². The fourth-order valence-corrected chi connectivity index (χ4v) is 4.15. The zero-order chi connectivity index (χ0) is 19.8. The van der Waals surface area contributed by atoms with Crippen LogP contribution >= 0.6 is 0 Å². The molecule has 0 radical (unpaired) electrons. The number of benzene rings is 3. The highest BCUT2D eigenvalue weighted by atomic mass is 15.1. The van der Waals surface area contributed by atoms with E-state index in [2.05, 4.69) is 99.8 Å². The van der Waals surface area contributed by atoms with Crippen LogP contribution in [0, 0.1) is 34.6 Å². The smallest absolute Gasteiger partial charge is 0.145 e. The van der Waals surface area contributed by atoms with E-state index in [1.165, 1.54) is 33.6 Å². The lowest BCUT2D eigenvalue weighted by Gasteiger charge is -2.17. The lowest BCUT2D eigenvalue weighted by Crippen LogP contribution is -2.05. The molecule has 0 saturated carbocycles. The van der Waals surface area contributed by atoms with Gasteiger partial charge in [0, 0.05) is 16.8 Å². The fraction of sp³-hybridized carbons (Fsp3) is 0.192. The summed E-state index contributed by atoms with van der Waals surface area (Å²) < 4.78 is 2.33. The Morgan fingerprint density at radius 2 is 1.29 bits per heavy atom. The van der Waals surface area contributed by atoms with Crippen molar-refractivity contribution in [1.29, 1.82) is 0 Å². The molecule has 0 aliphatic heterocycles. The molecule has 0 aliphatic carbocycles. The van der Waals surface area contributed by atoms with Crippen molar-refractivity contribution in [2.75, 3.05) is 0 Å². The Morgan fingerprint density at radius 1 is 0.643 bits per heavy atom. The molecule has 28 heavy (non-hydrogen) atoms. The Kier molecular flexibility index (Phi) is 4.64. The van der Waals surface area contributed by atoms with Crippen LogP contribution in [0.3, 0.4) is 0 Å². The number of nitrogens with zero attached hydrogens (tertiary/aromatic N) is 2. The maximum atomic E-state index is 5.14. The Balaban J connectivity index is 2.05.